The first kappa shape index (κ1) is 13.6. The van der Waals surface area contributed by atoms with Crippen molar-refractivity contribution in [2.75, 3.05) is 0 Å². The van der Waals surface area contributed by atoms with E-state index in [0.29, 0.717) is 28.1 Å². The number of phenolic OH excluding ortho intramolecular Hbond substituents is 1. The number of imidazole rings is 1. The molecule has 114 valence electrons. The fourth-order valence-electron chi connectivity index (χ4n) is 2.92. The maximum atomic E-state index is 12.9. The summed E-state index contributed by atoms with van der Waals surface area (Å²) in [6, 6.07) is 12.2. The molecule has 2 heterocycles. The van der Waals surface area contributed by atoms with E-state index in [1.165, 1.54) is 12.1 Å². The van der Waals surface area contributed by atoms with Crippen molar-refractivity contribution in [1.29, 1.82) is 0 Å². The van der Waals surface area contributed by atoms with Crippen molar-refractivity contribution in [3.05, 3.63) is 58.4 Å². The minimum atomic E-state index is -0.151. The van der Waals surface area contributed by atoms with Gasteiger partial charge >= 0.3 is 0 Å². The summed E-state index contributed by atoms with van der Waals surface area (Å²) < 4.78 is 7.64. The fourth-order valence-corrected chi connectivity index (χ4v) is 2.92. The summed E-state index contributed by atoms with van der Waals surface area (Å²) in [5.74, 6) is 1.12. The molecular weight excluding hydrogens is 292 g/mol. The molecule has 0 saturated heterocycles. The van der Waals surface area contributed by atoms with Crippen molar-refractivity contribution < 1.29 is 9.52 Å². The van der Waals surface area contributed by atoms with Crippen LogP contribution in [0.4, 0.5) is 0 Å². The molecule has 0 spiro atoms. The molecule has 0 atom stereocenters. The quantitative estimate of drug-likeness (QED) is 0.585. The van der Waals surface area contributed by atoms with E-state index >= 15 is 0 Å². The van der Waals surface area contributed by atoms with Crippen LogP contribution in [-0.2, 0) is 7.05 Å². The third-order valence-electron chi connectivity index (χ3n) is 4.06. The second-order valence-corrected chi connectivity index (χ2v) is 5.53. The molecule has 23 heavy (non-hydrogen) atoms. The van der Waals surface area contributed by atoms with Gasteiger partial charge in [0.1, 0.15) is 28.5 Å². The van der Waals surface area contributed by atoms with Crippen LogP contribution in [0.1, 0.15) is 5.76 Å². The van der Waals surface area contributed by atoms with E-state index in [1.807, 2.05) is 35.9 Å². The third-order valence-corrected chi connectivity index (χ3v) is 4.06. The summed E-state index contributed by atoms with van der Waals surface area (Å²) in [5, 5.41) is 9.99. The van der Waals surface area contributed by atoms with Crippen LogP contribution < -0.4 is 5.43 Å². The van der Waals surface area contributed by atoms with E-state index in [1.54, 1.807) is 13.0 Å². The van der Waals surface area contributed by atoms with E-state index in [-0.39, 0.29) is 11.2 Å². The molecule has 1 N–H and O–H groups in total. The number of para-hydroxylation sites is 2. The predicted molar refractivity (Wildman–Crippen MR) is 88.6 cm³/mol. The molecule has 4 aromatic rings. The van der Waals surface area contributed by atoms with Crippen molar-refractivity contribution in [3.8, 4) is 17.1 Å². The third kappa shape index (κ3) is 1.93. The molecule has 0 saturated carbocycles. The maximum absolute atomic E-state index is 12.9. The Morgan fingerprint density at radius 1 is 1.17 bits per heavy atom. The number of aryl methyl sites for hydroxylation is 2. The summed E-state index contributed by atoms with van der Waals surface area (Å²) in [5.41, 5.74) is 2.45. The van der Waals surface area contributed by atoms with Gasteiger partial charge in [0.15, 0.2) is 0 Å². The van der Waals surface area contributed by atoms with Gasteiger partial charge in [-0.25, -0.2) is 4.98 Å². The molecule has 0 fully saturated rings. The van der Waals surface area contributed by atoms with Gasteiger partial charge in [0.05, 0.1) is 16.4 Å². The SMILES string of the molecule is Cc1oc2cc(O)ccc2c(=O)c1-c1nc2ccccc2n1C. The molecule has 0 aliphatic heterocycles. The number of benzene rings is 2. The summed E-state index contributed by atoms with van der Waals surface area (Å²) in [6.45, 7) is 1.74. The Hall–Kier alpha value is -3.08. The average molecular weight is 306 g/mol. The second kappa shape index (κ2) is 4.71. The van der Waals surface area contributed by atoms with Crippen LogP contribution in [-0.4, -0.2) is 14.7 Å². The predicted octanol–water partition coefficient (Wildman–Crippen LogP) is 3.36. The minimum Gasteiger partial charge on any atom is -0.508 e. The zero-order valence-corrected chi connectivity index (χ0v) is 12.7. The summed E-state index contributed by atoms with van der Waals surface area (Å²) >= 11 is 0. The smallest absolute Gasteiger partial charge is 0.203 e. The molecule has 2 aromatic heterocycles. The van der Waals surface area contributed by atoms with Crippen molar-refractivity contribution in [2.45, 2.75) is 6.92 Å². The van der Waals surface area contributed by atoms with Crippen LogP contribution in [0.3, 0.4) is 0 Å². The number of hydrogen-bond acceptors (Lipinski definition) is 4. The van der Waals surface area contributed by atoms with Gasteiger partial charge in [0.25, 0.3) is 0 Å². The van der Waals surface area contributed by atoms with E-state index < -0.39 is 0 Å². The number of rotatable bonds is 1. The normalized spacial score (nSPS) is 11.4. The van der Waals surface area contributed by atoms with E-state index in [0.717, 1.165) is 11.0 Å². The van der Waals surface area contributed by atoms with Gasteiger partial charge in [-0.1, -0.05) is 12.1 Å². The molecule has 4 rings (SSSR count). The molecule has 2 aromatic carbocycles. The minimum absolute atomic E-state index is 0.0653. The lowest BCUT2D eigenvalue weighted by molar-refractivity contribution is 0.473. The standard InChI is InChI=1S/C18H14N2O3/c1-10-16(17(22)12-8-7-11(21)9-15(12)23-10)18-19-13-5-3-4-6-14(13)20(18)2/h3-9,21H,1-2H3. The van der Waals surface area contributed by atoms with E-state index in [2.05, 4.69) is 4.98 Å². The van der Waals surface area contributed by atoms with Crippen molar-refractivity contribution in [3.63, 3.8) is 0 Å². The first-order chi connectivity index (χ1) is 11.1. The van der Waals surface area contributed by atoms with Gasteiger partial charge < -0.3 is 14.1 Å². The number of aromatic nitrogens is 2. The molecule has 0 radical (unpaired) electrons. The Kier molecular flexibility index (Phi) is 2.78. The summed E-state index contributed by atoms with van der Waals surface area (Å²) in [7, 11) is 1.88. The zero-order chi connectivity index (χ0) is 16.1. The molecule has 0 aliphatic carbocycles. The van der Waals surface area contributed by atoms with E-state index in [4.69, 9.17) is 4.42 Å². The van der Waals surface area contributed by atoms with Gasteiger partial charge in [-0.05, 0) is 31.2 Å². The number of nitrogens with zero attached hydrogens (tertiary/aromatic N) is 2. The van der Waals surface area contributed by atoms with Crippen LogP contribution in [0.15, 0.2) is 51.7 Å². The van der Waals surface area contributed by atoms with E-state index in [9.17, 15) is 9.90 Å². The highest BCUT2D eigenvalue weighted by molar-refractivity contribution is 5.85. The first-order valence-corrected chi connectivity index (χ1v) is 7.24. The van der Waals surface area contributed by atoms with Gasteiger partial charge in [0.2, 0.25) is 5.43 Å². The lowest BCUT2D eigenvalue weighted by atomic mass is 10.1. The molecule has 0 aliphatic rings. The molecule has 5 heteroatoms. The zero-order valence-electron chi connectivity index (χ0n) is 12.7. The molecule has 0 bridgehead atoms. The summed E-state index contributed by atoms with van der Waals surface area (Å²) in [4.78, 5) is 17.5. The van der Waals surface area contributed by atoms with Gasteiger partial charge in [-0.2, -0.15) is 0 Å². The van der Waals surface area contributed by atoms with Crippen molar-refractivity contribution in [2.24, 2.45) is 7.05 Å². The first-order valence-electron chi connectivity index (χ1n) is 7.24. The molecular formula is C18H14N2O3. The Morgan fingerprint density at radius 2 is 1.96 bits per heavy atom. The number of hydrogen-bond donors (Lipinski definition) is 1. The van der Waals surface area contributed by atoms with Gasteiger partial charge in [0, 0.05) is 13.1 Å². The Bertz CT molecular complexity index is 1120. The fraction of sp³-hybridized carbons (Fsp3) is 0.111. The average Bonchev–Trinajstić information content (AvgIpc) is 2.84. The lowest BCUT2D eigenvalue weighted by Crippen LogP contribution is -2.10. The Labute approximate surface area is 131 Å². The lowest BCUT2D eigenvalue weighted by Gasteiger charge is -2.07. The van der Waals surface area contributed by atoms with Crippen LogP contribution in [0.2, 0.25) is 0 Å². The highest BCUT2D eigenvalue weighted by Crippen LogP contribution is 2.27. The monoisotopic (exact) mass is 306 g/mol. The van der Waals surface area contributed by atoms with Crippen molar-refractivity contribution in [1.82, 2.24) is 9.55 Å². The highest BCUT2D eigenvalue weighted by Gasteiger charge is 2.19. The number of aromatic hydroxyl groups is 1. The van der Waals surface area contributed by atoms with Crippen LogP contribution >= 0.6 is 0 Å². The second-order valence-electron chi connectivity index (χ2n) is 5.53. The highest BCUT2D eigenvalue weighted by atomic mass is 16.3. The summed E-state index contributed by atoms with van der Waals surface area (Å²) in [6.07, 6.45) is 0. The molecule has 0 amide bonds. The van der Waals surface area contributed by atoms with Crippen LogP contribution in [0.25, 0.3) is 33.4 Å². The van der Waals surface area contributed by atoms with Gasteiger partial charge in [-0.3, -0.25) is 4.79 Å². The Morgan fingerprint density at radius 3 is 2.74 bits per heavy atom. The Balaban J connectivity index is 2.10. The topological polar surface area (TPSA) is 68.3 Å². The van der Waals surface area contributed by atoms with Crippen LogP contribution in [0.5, 0.6) is 5.75 Å². The van der Waals surface area contributed by atoms with Crippen molar-refractivity contribution >= 4 is 22.0 Å². The van der Waals surface area contributed by atoms with Crippen LogP contribution in [0, 0.1) is 6.92 Å². The molecule has 0 unspecified atom stereocenters. The van der Waals surface area contributed by atoms with Gasteiger partial charge in [-0.15, -0.1) is 0 Å². The number of fused-ring (bicyclic) bond motifs is 2. The maximum Gasteiger partial charge on any atom is 0.203 e. The largest absolute Gasteiger partial charge is 0.508 e. The number of phenols is 1. The molecule has 5 nitrogen and oxygen atoms in total.